The first-order valence-electron chi connectivity index (χ1n) is 14.0. The lowest BCUT2D eigenvalue weighted by atomic mass is 9.86. The van der Waals surface area contributed by atoms with Crippen molar-refractivity contribution in [3.8, 4) is 0 Å². The summed E-state index contributed by atoms with van der Waals surface area (Å²) in [6.45, 7) is 2.86. The SMILES string of the molecule is CN(C)c1nc(N[C@H]2CC[C@@H](CNCCc3ccccc3CNc3cccc(Cl)c3)CC2)nc2ccccc12. The lowest BCUT2D eigenvalue weighted by molar-refractivity contribution is 0.325. The Morgan fingerprint density at radius 3 is 2.44 bits per heavy atom. The molecule has 6 nitrogen and oxygen atoms in total. The molecule has 39 heavy (non-hydrogen) atoms. The quantitative estimate of drug-likeness (QED) is 0.182. The average Bonchev–Trinajstić information content (AvgIpc) is 2.95. The molecule has 0 unspecified atom stereocenters. The molecule has 1 heterocycles. The zero-order valence-corrected chi connectivity index (χ0v) is 23.7. The first-order chi connectivity index (χ1) is 19.0. The van der Waals surface area contributed by atoms with Crippen LogP contribution in [0.15, 0.2) is 72.8 Å². The number of hydrogen-bond donors (Lipinski definition) is 3. The van der Waals surface area contributed by atoms with E-state index in [1.807, 2.05) is 44.4 Å². The van der Waals surface area contributed by atoms with Crippen LogP contribution in [-0.2, 0) is 13.0 Å². The molecule has 5 rings (SSSR count). The lowest BCUT2D eigenvalue weighted by Crippen LogP contribution is -2.32. The van der Waals surface area contributed by atoms with E-state index in [1.54, 1.807) is 0 Å². The molecule has 0 aliphatic heterocycles. The lowest BCUT2D eigenvalue weighted by Gasteiger charge is -2.29. The number of hydrogen-bond acceptors (Lipinski definition) is 6. The van der Waals surface area contributed by atoms with Crippen molar-refractivity contribution < 1.29 is 0 Å². The standard InChI is InChI=1S/C32H39ClN6/c1-39(2)31-29-12-5-6-13-30(29)37-32(38-31)36-27-16-14-23(15-17-27)21-34-19-18-24-8-3-4-9-25(24)22-35-28-11-7-10-26(33)20-28/h3-13,20,23,27,34-35H,14-19,21-22H2,1-2H3,(H,36,37,38)/t23-,27+. The molecule has 1 aliphatic rings. The molecule has 0 amide bonds. The monoisotopic (exact) mass is 542 g/mol. The van der Waals surface area contributed by atoms with Gasteiger partial charge in [0.05, 0.1) is 5.52 Å². The van der Waals surface area contributed by atoms with Gasteiger partial charge in [0.15, 0.2) is 0 Å². The molecule has 0 saturated heterocycles. The van der Waals surface area contributed by atoms with E-state index in [2.05, 4.69) is 63.3 Å². The minimum absolute atomic E-state index is 0.427. The van der Waals surface area contributed by atoms with E-state index in [9.17, 15) is 0 Å². The normalized spacial score (nSPS) is 17.2. The fourth-order valence-electron chi connectivity index (χ4n) is 5.46. The number of para-hydroxylation sites is 1. The summed E-state index contributed by atoms with van der Waals surface area (Å²) in [4.78, 5) is 11.7. The summed E-state index contributed by atoms with van der Waals surface area (Å²) in [5, 5.41) is 12.7. The summed E-state index contributed by atoms with van der Waals surface area (Å²) in [6.07, 6.45) is 5.77. The zero-order valence-electron chi connectivity index (χ0n) is 23.0. The van der Waals surface area contributed by atoms with E-state index in [0.717, 1.165) is 78.2 Å². The van der Waals surface area contributed by atoms with Gasteiger partial charge in [0.2, 0.25) is 5.95 Å². The van der Waals surface area contributed by atoms with Gasteiger partial charge in [-0.25, -0.2) is 4.98 Å². The molecule has 0 atom stereocenters. The van der Waals surface area contributed by atoms with Gasteiger partial charge in [-0.1, -0.05) is 54.1 Å². The number of aromatic nitrogens is 2. The van der Waals surface area contributed by atoms with Gasteiger partial charge in [-0.2, -0.15) is 4.98 Å². The summed E-state index contributed by atoms with van der Waals surface area (Å²) in [5.74, 6) is 2.42. The number of halogens is 1. The molecule has 0 radical (unpaired) electrons. The van der Waals surface area contributed by atoms with Gasteiger partial charge in [0.25, 0.3) is 0 Å². The average molecular weight is 543 g/mol. The van der Waals surface area contributed by atoms with Gasteiger partial charge in [-0.05, 0) is 92.6 Å². The zero-order chi connectivity index (χ0) is 27.0. The van der Waals surface area contributed by atoms with Crippen molar-refractivity contribution in [2.75, 3.05) is 42.7 Å². The van der Waals surface area contributed by atoms with Crippen molar-refractivity contribution in [1.82, 2.24) is 15.3 Å². The Morgan fingerprint density at radius 1 is 0.872 bits per heavy atom. The number of rotatable bonds is 11. The third-order valence-electron chi connectivity index (χ3n) is 7.62. The minimum atomic E-state index is 0.427. The van der Waals surface area contributed by atoms with Crippen molar-refractivity contribution >= 4 is 40.0 Å². The maximum absolute atomic E-state index is 6.13. The molecule has 3 aromatic carbocycles. The van der Waals surface area contributed by atoms with E-state index in [-0.39, 0.29) is 0 Å². The van der Waals surface area contributed by atoms with Crippen LogP contribution >= 0.6 is 11.6 Å². The van der Waals surface area contributed by atoms with E-state index in [1.165, 1.54) is 24.0 Å². The van der Waals surface area contributed by atoms with Gasteiger partial charge in [0.1, 0.15) is 5.82 Å². The topological polar surface area (TPSA) is 65.1 Å². The van der Waals surface area contributed by atoms with Crippen molar-refractivity contribution in [3.63, 3.8) is 0 Å². The van der Waals surface area contributed by atoms with Crippen molar-refractivity contribution in [2.24, 2.45) is 5.92 Å². The number of benzene rings is 3. The number of anilines is 3. The summed E-state index contributed by atoms with van der Waals surface area (Å²) in [5.41, 5.74) is 4.75. The van der Waals surface area contributed by atoms with E-state index < -0.39 is 0 Å². The summed E-state index contributed by atoms with van der Waals surface area (Å²) in [6, 6.07) is 25.2. The van der Waals surface area contributed by atoms with Crippen molar-refractivity contribution in [3.05, 3.63) is 88.9 Å². The summed E-state index contributed by atoms with van der Waals surface area (Å²) < 4.78 is 0. The Bertz CT molecular complexity index is 1370. The van der Waals surface area contributed by atoms with E-state index >= 15 is 0 Å². The highest BCUT2D eigenvalue weighted by atomic mass is 35.5. The predicted molar refractivity (Wildman–Crippen MR) is 165 cm³/mol. The van der Waals surface area contributed by atoms with Crippen LogP contribution in [0.25, 0.3) is 10.9 Å². The molecule has 3 N–H and O–H groups in total. The third-order valence-corrected chi connectivity index (χ3v) is 7.85. The van der Waals surface area contributed by atoms with Gasteiger partial charge in [-0.3, -0.25) is 0 Å². The second-order valence-corrected chi connectivity index (χ2v) is 11.2. The summed E-state index contributed by atoms with van der Waals surface area (Å²) >= 11 is 6.13. The predicted octanol–water partition coefficient (Wildman–Crippen LogP) is 6.76. The second kappa shape index (κ2) is 13.1. The maximum atomic E-state index is 6.13. The number of fused-ring (bicyclic) bond motifs is 1. The Labute approximate surface area is 237 Å². The van der Waals surface area contributed by atoms with Crippen LogP contribution in [0.5, 0.6) is 0 Å². The Balaban J connectivity index is 1.06. The fraction of sp³-hybridized carbons (Fsp3) is 0.375. The number of nitrogens with one attached hydrogen (secondary N) is 3. The summed E-state index contributed by atoms with van der Waals surface area (Å²) in [7, 11) is 4.07. The highest BCUT2D eigenvalue weighted by Crippen LogP contribution is 2.28. The van der Waals surface area contributed by atoms with Gasteiger partial charge >= 0.3 is 0 Å². The molecule has 1 saturated carbocycles. The minimum Gasteiger partial charge on any atom is -0.381 e. The second-order valence-electron chi connectivity index (χ2n) is 10.7. The Hall–Kier alpha value is -3.35. The van der Waals surface area contributed by atoms with Crippen LogP contribution < -0.4 is 20.9 Å². The van der Waals surface area contributed by atoms with Gasteiger partial charge in [-0.15, -0.1) is 0 Å². The van der Waals surface area contributed by atoms with Crippen LogP contribution in [-0.4, -0.2) is 43.2 Å². The van der Waals surface area contributed by atoms with E-state index in [4.69, 9.17) is 21.6 Å². The fourth-order valence-corrected chi connectivity index (χ4v) is 5.65. The molecular formula is C32H39ClN6. The molecule has 7 heteroatoms. The Kier molecular flexibility index (Phi) is 9.17. The molecule has 1 aliphatic carbocycles. The van der Waals surface area contributed by atoms with Gasteiger partial charge in [0, 0.05) is 42.8 Å². The highest BCUT2D eigenvalue weighted by molar-refractivity contribution is 6.30. The largest absolute Gasteiger partial charge is 0.381 e. The molecule has 0 spiro atoms. The molecule has 4 aromatic rings. The first-order valence-corrected chi connectivity index (χ1v) is 14.4. The Morgan fingerprint density at radius 2 is 1.64 bits per heavy atom. The third kappa shape index (κ3) is 7.40. The van der Waals surface area contributed by atoms with Gasteiger partial charge < -0.3 is 20.9 Å². The first kappa shape index (κ1) is 27.2. The smallest absolute Gasteiger partial charge is 0.225 e. The maximum Gasteiger partial charge on any atom is 0.225 e. The van der Waals surface area contributed by atoms with E-state index in [0.29, 0.717) is 6.04 Å². The van der Waals surface area contributed by atoms with Crippen LogP contribution in [0.1, 0.15) is 36.8 Å². The molecular weight excluding hydrogens is 504 g/mol. The van der Waals surface area contributed by atoms with Crippen LogP contribution in [0, 0.1) is 5.92 Å². The molecule has 204 valence electrons. The van der Waals surface area contributed by atoms with Crippen molar-refractivity contribution in [1.29, 1.82) is 0 Å². The number of nitrogens with zero attached hydrogens (tertiary/aromatic N) is 3. The highest BCUT2D eigenvalue weighted by Gasteiger charge is 2.22. The molecule has 0 bridgehead atoms. The van der Waals surface area contributed by atoms with Crippen molar-refractivity contribution in [2.45, 2.75) is 44.7 Å². The van der Waals surface area contributed by atoms with Crippen LogP contribution in [0.4, 0.5) is 17.5 Å². The van der Waals surface area contributed by atoms with Crippen LogP contribution in [0.3, 0.4) is 0 Å². The van der Waals surface area contributed by atoms with Crippen LogP contribution in [0.2, 0.25) is 5.02 Å². The molecule has 1 aromatic heterocycles. The molecule has 1 fully saturated rings.